The molecule has 0 aromatic rings. The summed E-state index contributed by atoms with van der Waals surface area (Å²) in [4.78, 5) is 21.1. The molecular formula is C11H20O6. The molecule has 0 fully saturated rings. The van der Waals surface area contributed by atoms with Crippen LogP contribution in [0.25, 0.3) is 0 Å². The summed E-state index contributed by atoms with van der Waals surface area (Å²) in [6.45, 7) is 6.74. The largest absolute Gasteiger partial charge is 0.436 e. The molecule has 0 bridgehead atoms. The molecular weight excluding hydrogens is 228 g/mol. The first kappa shape index (κ1) is 15.9. The molecule has 17 heavy (non-hydrogen) atoms. The van der Waals surface area contributed by atoms with E-state index < -0.39 is 12.6 Å². The van der Waals surface area contributed by atoms with Gasteiger partial charge in [-0.25, -0.2) is 0 Å². The molecule has 6 nitrogen and oxygen atoms in total. The topological polar surface area (TPSA) is 71.1 Å². The Morgan fingerprint density at radius 2 is 1.24 bits per heavy atom. The minimum absolute atomic E-state index is 0.378. The summed E-state index contributed by atoms with van der Waals surface area (Å²) in [5.74, 6) is -0.755. The molecule has 0 rings (SSSR count). The third-order valence-corrected chi connectivity index (χ3v) is 1.66. The van der Waals surface area contributed by atoms with Crippen molar-refractivity contribution in [3.8, 4) is 0 Å². The molecule has 2 atom stereocenters. The number of esters is 2. The van der Waals surface area contributed by atoms with Crippen molar-refractivity contribution in [2.75, 3.05) is 13.2 Å². The van der Waals surface area contributed by atoms with Crippen LogP contribution in [-0.2, 0) is 28.5 Å². The van der Waals surface area contributed by atoms with Gasteiger partial charge in [0.2, 0.25) is 0 Å². The highest BCUT2D eigenvalue weighted by Gasteiger charge is 2.06. The van der Waals surface area contributed by atoms with Gasteiger partial charge in [-0.2, -0.15) is 0 Å². The van der Waals surface area contributed by atoms with Gasteiger partial charge in [0.25, 0.3) is 0 Å². The second-order valence-electron chi connectivity index (χ2n) is 3.45. The van der Waals surface area contributed by atoms with Gasteiger partial charge < -0.3 is 18.9 Å². The summed E-state index contributed by atoms with van der Waals surface area (Å²) >= 11 is 0. The van der Waals surface area contributed by atoms with E-state index in [0.29, 0.717) is 19.6 Å². The zero-order valence-corrected chi connectivity index (χ0v) is 10.7. The van der Waals surface area contributed by atoms with Crippen molar-refractivity contribution >= 4 is 11.9 Å². The molecule has 0 amide bonds. The lowest BCUT2D eigenvalue weighted by Gasteiger charge is -2.14. The van der Waals surface area contributed by atoms with Crippen molar-refractivity contribution < 1.29 is 28.5 Å². The van der Waals surface area contributed by atoms with E-state index in [2.05, 4.69) is 0 Å². The Bertz CT molecular complexity index is 216. The molecule has 0 aliphatic heterocycles. The standard InChI is InChI=1S/C11H20O6/c1-8(12)16-10(3)14-6-5-7-15-11(4)17-9(2)13/h10-11H,5-7H2,1-4H3. The second kappa shape index (κ2) is 8.95. The minimum Gasteiger partial charge on any atom is -0.436 e. The first-order valence-electron chi connectivity index (χ1n) is 5.49. The molecule has 6 heteroatoms. The van der Waals surface area contributed by atoms with Crippen LogP contribution in [-0.4, -0.2) is 37.7 Å². The number of carbonyl (C=O) groups excluding carboxylic acids is 2. The second-order valence-corrected chi connectivity index (χ2v) is 3.45. The van der Waals surface area contributed by atoms with Crippen molar-refractivity contribution in [2.45, 2.75) is 46.7 Å². The Balaban J connectivity index is 3.39. The van der Waals surface area contributed by atoms with Gasteiger partial charge >= 0.3 is 11.9 Å². The summed E-state index contributed by atoms with van der Waals surface area (Å²) in [5.41, 5.74) is 0. The van der Waals surface area contributed by atoms with E-state index in [1.165, 1.54) is 13.8 Å². The third kappa shape index (κ3) is 11.1. The van der Waals surface area contributed by atoms with Crippen LogP contribution < -0.4 is 0 Å². The molecule has 2 unspecified atom stereocenters. The van der Waals surface area contributed by atoms with Gasteiger partial charge in [0.15, 0.2) is 12.6 Å². The Morgan fingerprint density at radius 1 is 0.882 bits per heavy atom. The average molecular weight is 248 g/mol. The van der Waals surface area contributed by atoms with Crippen molar-refractivity contribution in [2.24, 2.45) is 0 Å². The number of carbonyl (C=O) groups is 2. The third-order valence-electron chi connectivity index (χ3n) is 1.66. The Labute approximate surface area is 101 Å². The van der Waals surface area contributed by atoms with E-state index in [-0.39, 0.29) is 11.9 Å². The van der Waals surface area contributed by atoms with Gasteiger partial charge in [-0.3, -0.25) is 9.59 Å². The monoisotopic (exact) mass is 248 g/mol. The van der Waals surface area contributed by atoms with E-state index in [1.54, 1.807) is 13.8 Å². The average Bonchev–Trinajstić information content (AvgIpc) is 2.14. The van der Waals surface area contributed by atoms with E-state index >= 15 is 0 Å². The van der Waals surface area contributed by atoms with Gasteiger partial charge in [-0.1, -0.05) is 0 Å². The van der Waals surface area contributed by atoms with Gasteiger partial charge in [0.1, 0.15) is 0 Å². The van der Waals surface area contributed by atoms with E-state index in [1.807, 2.05) is 0 Å². The molecule has 0 aliphatic rings. The summed E-state index contributed by atoms with van der Waals surface area (Å²) in [6.07, 6.45) is -0.492. The van der Waals surface area contributed by atoms with Crippen LogP contribution in [0.3, 0.4) is 0 Å². The molecule has 0 aliphatic carbocycles. The SMILES string of the molecule is CC(=O)OC(C)OCCCOC(C)OC(C)=O. The zero-order valence-electron chi connectivity index (χ0n) is 10.7. The van der Waals surface area contributed by atoms with Crippen LogP contribution in [0.4, 0.5) is 0 Å². The molecule has 0 aromatic carbocycles. The van der Waals surface area contributed by atoms with Crippen LogP contribution in [0.5, 0.6) is 0 Å². The van der Waals surface area contributed by atoms with E-state index in [0.717, 1.165) is 0 Å². The number of rotatable bonds is 8. The van der Waals surface area contributed by atoms with Crippen molar-refractivity contribution in [3.05, 3.63) is 0 Å². The first-order valence-corrected chi connectivity index (χ1v) is 5.49. The highest BCUT2D eigenvalue weighted by atomic mass is 16.7. The molecule has 100 valence electrons. The smallest absolute Gasteiger partial charge is 0.304 e. The fourth-order valence-electron chi connectivity index (χ4n) is 1.09. The molecule has 0 saturated heterocycles. The molecule has 0 aromatic heterocycles. The maximum absolute atomic E-state index is 10.6. The van der Waals surface area contributed by atoms with Gasteiger partial charge in [0, 0.05) is 13.8 Å². The normalized spacial score (nSPS) is 13.9. The van der Waals surface area contributed by atoms with Crippen LogP contribution in [0.2, 0.25) is 0 Å². The Morgan fingerprint density at radius 3 is 1.53 bits per heavy atom. The lowest BCUT2D eigenvalue weighted by molar-refractivity contribution is -0.177. The zero-order chi connectivity index (χ0) is 13.3. The van der Waals surface area contributed by atoms with E-state index in [9.17, 15) is 9.59 Å². The summed E-state index contributed by atoms with van der Waals surface area (Å²) in [5, 5.41) is 0. The number of ether oxygens (including phenoxy) is 4. The van der Waals surface area contributed by atoms with Crippen LogP contribution in [0, 0.1) is 0 Å². The van der Waals surface area contributed by atoms with Gasteiger partial charge in [-0.05, 0) is 20.3 Å². The maximum Gasteiger partial charge on any atom is 0.304 e. The van der Waals surface area contributed by atoms with Gasteiger partial charge in [0.05, 0.1) is 13.2 Å². The predicted octanol–water partition coefficient (Wildman–Crippen LogP) is 1.23. The number of hydrogen-bond acceptors (Lipinski definition) is 6. The van der Waals surface area contributed by atoms with Gasteiger partial charge in [-0.15, -0.1) is 0 Å². The lowest BCUT2D eigenvalue weighted by atomic mass is 10.5. The molecule has 0 radical (unpaired) electrons. The lowest BCUT2D eigenvalue weighted by Crippen LogP contribution is -2.19. The van der Waals surface area contributed by atoms with Crippen LogP contribution in [0.15, 0.2) is 0 Å². The maximum atomic E-state index is 10.6. The van der Waals surface area contributed by atoms with Crippen molar-refractivity contribution in [1.29, 1.82) is 0 Å². The minimum atomic E-state index is -0.557. The quantitative estimate of drug-likeness (QED) is 0.365. The molecule has 0 saturated carbocycles. The fraction of sp³-hybridized carbons (Fsp3) is 0.818. The highest BCUT2D eigenvalue weighted by molar-refractivity contribution is 5.66. The predicted molar refractivity (Wildman–Crippen MR) is 59.0 cm³/mol. The molecule has 0 N–H and O–H groups in total. The van der Waals surface area contributed by atoms with Crippen molar-refractivity contribution in [3.63, 3.8) is 0 Å². The summed E-state index contributed by atoms with van der Waals surface area (Å²) in [7, 11) is 0. The van der Waals surface area contributed by atoms with Crippen LogP contribution in [0.1, 0.15) is 34.1 Å². The number of hydrogen-bond donors (Lipinski definition) is 0. The Hall–Kier alpha value is -1.14. The highest BCUT2D eigenvalue weighted by Crippen LogP contribution is 1.98. The molecule has 0 spiro atoms. The summed E-state index contributed by atoms with van der Waals surface area (Å²) < 4.78 is 19.9. The fourth-order valence-corrected chi connectivity index (χ4v) is 1.09. The van der Waals surface area contributed by atoms with E-state index in [4.69, 9.17) is 18.9 Å². The Kier molecular flexibility index (Phi) is 8.35. The first-order chi connectivity index (χ1) is 7.91. The molecule has 0 heterocycles. The van der Waals surface area contributed by atoms with Crippen molar-refractivity contribution in [1.82, 2.24) is 0 Å². The van der Waals surface area contributed by atoms with Crippen LogP contribution >= 0.6 is 0 Å². The summed E-state index contributed by atoms with van der Waals surface area (Å²) in [6, 6.07) is 0.